The molecule has 0 saturated carbocycles. The standard InChI is InChI=1S/C21H47NO4P2S/c1-6-20-29-21-9-22(7-14-27(16-10-23-2)17-11-24-3)8-15-28(18-12-25-4)19-13-26-5/h6-21H2,1-5H3. The van der Waals surface area contributed by atoms with Gasteiger partial charge < -0.3 is 23.8 Å². The highest BCUT2D eigenvalue weighted by Gasteiger charge is 2.14. The molecule has 29 heavy (non-hydrogen) atoms. The maximum absolute atomic E-state index is 5.34. The normalized spacial score (nSPS) is 12.0. The van der Waals surface area contributed by atoms with Gasteiger partial charge in [-0.1, -0.05) is 6.92 Å². The monoisotopic (exact) mass is 471 g/mol. The van der Waals surface area contributed by atoms with Crippen LogP contribution in [0.4, 0.5) is 0 Å². The summed E-state index contributed by atoms with van der Waals surface area (Å²) in [6.45, 7) is 9.40. The third kappa shape index (κ3) is 19.4. The molecule has 0 spiro atoms. The van der Waals surface area contributed by atoms with E-state index in [1.807, 2.05) is 28.4 Å². The maximum atomic E-state index is 5.34. The Morgan fingerprint density at radius 1 is 0.586 bits per heavy atom. The summed E-state index contributed by atoms with van der Waals surface area (Å²) in [5, 5.41) is 0. The number of methoxy groups -OCH3 is 4. The SMILES string of the molecule is CCCSCCN(CCP(CCOC)CCOC)CCP(CCOC)CCOC. The van der Waals surface area contributed by atoms with Crippen molar-refractivity contribution in [1.82, 2.24) is 4.90 Å². The van der Waals surface area contributed by atoms with Crippen molar-refractivity contribution >= 4 is 27.6 Å². The summed E-state index contributed by atoms with van der Waals surface area (Å²) in [7, 11) is 7.23. The molecule has 0 aromatic carbocycles. The second-order valence-corrected chi connectivity index (χ2v) is 13.7. The van der Waals surface area contributed by atoms with Crippen LogP contribution in [0.3, 0.4) is 0 Å². The van der Waals surface area contributed by atoms with Gasteiger partial charge in [-0.25, -0.2) is 0 Å². The summed E-state index contributed by atoms with van der Waals surface area (Å²) in [6, 6.07) is 0. The zero-order valence-electron chi connectivity index (χ0n) is 19.7. The van der Waals surface area contributed by atoms with Crippen molar-refractivity contribution in [1.29, 1.82) is 0 Å². The van der Waals surface area contributed by atoms with Crippen LogP contribution < -0.4 is 0 Å². The number of rotatable bonds is 23. The van der Waals surface area contributed by atoms with Crippen molar-refractivity contribution < 1.29 is 18.9 Å². The minimum Gasteiger partial charge on any atom is -0.384 e. The molecule has 0 aliphatic rings. The van der Waals surface area contributed by atoms with E-state index in [-0.39, 0.29) is 15.8 Å². The summed E-state index contributed by atoms with van der Waals surface area (Å²) >= 11 is 2.09. The molecule has 0 heterocycles. The van der Waals surface area contributed by atoms with Crippen LogP contribution in [0.1, 0.15) is 13.3 Å². The smallest absolute Gasteiger partial charge is 0.0501 e. The van der Waals surface area contributed by atoms with E-state index in [0.717, 1.165) is 26.4 Å². The molecule has 0 atom stereocenters. The molecule has 0 aromatic heterocycles. The molecule has 0 radical (unpaired) electrons. The molecule has 0 N–H and O–H groups in total. The molecule has 0 unspecified atom stereocenters. The molecule has 0 aromatic rings. The Bertz CT molecular complexity index is 293. The van der Waals surface area contributed by atoms with Crippen molar-refractivity contribution in [3.63, 3.8) is 0 Å². The molecule has 0 rings (SSSR count). The first-order chi connectivity index (χ1) is 14.2. The van der Waals surface area contributed by atoms with Crippen LogP contribution >= 0.6 is 27.6 Å². The molecule has 8 heteroatoms. The molecular formula is C21H47NO4P2S. The predicted octanol–water partition coefficient (Wildman–Crippen LogP) is 3.98. The van der Waals surface area contributed by atoms with Gasteiger partial charge in [0, 0.05) is 53.8 Å². The topological polar surface area (TPSA) is 40.2 Å². The second-order valence-electron chi connectivity index (χ2n) is 7.11. The predicted molar refractivity (Wildman–Crippen MR) is 135 cm³/mol. The highest BCUT2D eigenvalue weighted by molar-refractivity contribution is 7.99. The average Bonchev–Trinajstić information content (AvgIpc) is 2.74. The highest BCUT2D eigenvalue weighted by Crippen LogP contribution is 2.36. The molecule has 0 aliphatic carbocycles. The first-order valence-electron chi connectivity index (χ1n) is 10.9. The van der Waals surface area contributed by atoms with E-state index in [4.69, 9.17) is 18.9 Å². The van der Waals surface area contributed by atoms with Crippen LogP contribution in [-0.4, -0.2) is 128 Å². The number of thioether (sulfide) groups is 1. The quantitative estimate of drug-likeness (QED) is 0.166. The Morgan fingerprint density at radius 3 is 1.34 bits per heavy atom. The van der Waals surface area contributed by atoms with E-state index in [9.17, 15) is 0 Å². The molecule has 176 valence electrons. The second kappa shape index (κ2) is 23.7. The number of nitrogens with zero attached hydrogens (tertiary/aromatic N) is 1. The first kappa shape index (κ1) is 30.0. The van der Waals surface area contributed by atoms with Gasteiger partial charge in [-0.05, 0) is 49.1 Å². The lowest BCUT2D eigenvalue weighted by atomic mass is 10.5. The average molecular weight is 472 g/mol. The Balaban J connectivity index is 4.60. The van der Waals surface area contributed by atoms with Crippen LogP contribution in [0.15, 0.2) is 0 Å². The summed E-state index contributed by atoms with van der Waals surface area (Å²) in [6.07, 6.45) is 8.65. The molecule has 5 nitrogen and oxygen atoms in total. The van der Waals surface area contributed by atoms with Gasteiger partial charge in [-0.3, -0.25) is 0 Å². The van der Waals surface area contributed by atoms with Gasteiger partial charge >= 0.3 is 0 Å². The minimum atomic E-state index is -0.00459. The fraction of sp³-hybridized carbons (Fsp3) is 1.00. The lowest BCUT2D eigenvalue weighted by Crippen LogP contribution is -2.32. The van der Waals surface area contributed by atoms with Gasteiger partial charge in [0.1, 0.15) is 0 Å². The first-order valence-corrected chi connectivity index (χ1v) is 15.9. The molecule has 0 amide bonds. The highest BCUT2D eigenvalue weighted by atomic mass is 32.2. The third-order valence-corrected chi connectivity index (χ3v) is 10.9. The van der Waals surface area contributed by atoms with Crippen molar-refractivity contribution in [2.75, 3.05) is 123 Å². The summed E-state index contributed by atoms with van der Waals surface area (Å²) in [5.41, 5.74) is 0. The summed E-state index contributed by atoms with van der Waals surface area (Å²) in [4.78, 5) is 2.71. The van der Waals surface area contributed by atoms with Crippen molar-refractivity contribution in [2.45, 2.75) is 13.3 Å². The van der Waals surface area contributed by atoms with Gasteiger partial charge in [0.05, 0.1) is 26.4 Å². The zero-order chi connectivity index (χ0) is 21.6. The number of hydrogen-bond donors (Lipinski definition) is 0. The molecule has 0 saturated heterocycles. The van der Waals surface area contributed by atoms with Crippen LogP contribution in [0.2, 0.25) is 0 Å². The lowest BCUT2D eigenvalue weighted by Gasteiger charge is -2.27. The van der Waals surface area contributed by atoms with E-state index in [2.05, 4.69) is 23.6 Å². The Labute approximate surface area is 187 Å². The largest absolute Gasteiger partial charge is 0.384 e. The summed E-state index contributed by atoms with van der Waals surface area (Å²) < 4.78 is 21.4. The van der Waals surface area contributed by atoms with E-state index >= 15 is 0 Å². The van der Waals surface area contributed by atoms with Crippen molar-refractivity contribution in [3.05, 3.63) is 0 Å². The Morgan fingerprint density at radius 2 is 1.00 bits per heavy atom. The lowest BCUT2D eigenvalue weighted by molar-refractivity contribution is 0.213. The van der Waals surface area contributed by atoms with Crippen LogP contribution in [0.5, 0.6) is 0 Å². The fourth-order valence-corrected chi connectivity index (χ4v) is 8.01. The third-order valence-electron chi connectivity index (χ3n) is 4.81. The van der Waals surface area contributed by atoms with Crippen molar-refractivity contribution in [3.8, 4) is 0 Å². The van der Waals surface area contributed by atoms with E-state index < -0.39 is 0 Å². The molecular weight excluding hydrogens is 424 g/mol. The van der Waals surface area contributed by atoms with Crippen molar-refractivity contribution in [2.24, 2.45) is 0 Å². The van der Waals surface area contributed by atoms with Gasteiger partial charge in [-0.15, -0.1) is 15.8 Å². The number of hydrogen-bond acceptors (Lipinski definition) is 6. The van der Waals surface area contributed by atoms with E-state index in [0.29, 0.717) is 0 Å². The van der Waals surface area contributed by atoms with Gasteiger partial charge in [0.2, 0.25) is 0 Å². The summed E-state index contributed by atoms with van der Waals surface area (Å²) in [5.74, 6) is 2.52. The Kier molecular flexibility index (Phi) is 24.5. The fourth-order valence-electron chi connectivity index (χ4n) is 2.89. The molecule has 0 aliphatic heterocycles. The van der Waals surface area contributed by atoms with Gasteiger partial charge in [-0.2, -0.15) is 11.8 Å². The Hall–Kier alpha value is 1.01. The van der Waals surface area contributed by atoms with E-state index in [1.54, 1.807) is 0 Å². The number of ether oxygens (including phenoxy) is 4. The minimum absolute atomic E-state index is 0.00459. The van der Waals surface area contributed by atoms with Crippen LogP contribution in [0.25, 0.3) is 0 Å². The van der Waals surface area contributed by atoms with E-state index in [1.165, 1.54) is 74.5 Å². The van der Waals surface area contributed by atoms with Gasteiger partial charge in [0.25, 0.3) is 0 Å². The molecule has 0 bridgehead atoms. The van der Waals surface area contributed by atoms with Crippen LogP contribution in [0, 0.1) is 0 Å². The van der Waals surface area contributed by atoms with Gasteiger partial charge in [0.15, 0.2) is 0 Å². The molecule has 0 fully saturated rings. The van der Waals surface area contributed by atoms with Crippen LogP contribution in [-0.2, 0) is 18.9 Å². The zero-order valence-corrected chi connectivity index (χ0v) is 22.3. The maximum Gasteiger partial charge on any atom is 0.0501 e.